The van der Waals surface area contributed by atoms with E-state index in [1.807, 2.05) is 0 Å². The van der Waals surface area contributed by atoms with Crippen molar-refractivity contribution in [3.8, 4) is 5.75 Å². The molecule has 2 aromatic rings. The van der Waals surface area contributed by atoms with Crippen LogP contribution in [-0.2, 0) is 17.5 Å². The van der Waals surface area contributed by atoms with E-state index in [0.29, 0.717) is 0 Å². The van der Waals surface area contributed by atoms with Crippen LogP contribution in [0.3, 0.4) is 0 Å². The van der Waals surface area contributed by atoms with Gasteiger partial charge in [-0.15, -0.1) is 0 Å². The van der Waals surface area contributed by atoms with E-state index in [1.165, 1.54) is 11.0 Å². The molecule has 0 spiro atoms. The fourth-order valence-electron chi connectivity index (χ4n) is 2.42. The molecule has 120 valence electrons. The molecule has 1 aromatic heterocycles. The summed E-state index contributed by atoms with van der Waals surface area (Å²) >= 11 is 0. The minimum atomic E-state index is -4.48. The third-order valence-corrected chi connectivity index (χ3v) is 3.58. The summed E-state index contributed by atoms with van der Waals surface area (Å²) in [5, 5.41) is 0. The molecule has 0 aliphatic carbocycles. The molecule has 4 nitrogen and oxygen atoms in total. The number of ether oxygens (including phenoxy) is 1. The van der Waals surface area contributed by atoms with Gasteiger partial charge in [-0.25, -0.2) is 0 Å². The molecule has 1 atom stereocenters. The van der Waals surface area contributed by atoms with E-state index in [2.05, 4.69) is 4.98 Å². The number of alkyl halides is 3. The molecule has 3 rings (SSSR count). The lowest BCUT2D eigenvalue weighted by atomic mass is 10.1. The maximum atomic E-state index is 12.9. The zero-order chi connectivity index (χ0) is 16.6. The molecule has 0 fully saturated rings. The van der Waals surface area contributed by atoms with Crippen LogP contribution in [0.4, 0.5) is 18.9 Å². The second-order valence-corrected chi connectivity index (χ2v) is 5.22. The van der Waals surface area contributed by atoms with E-state index < -0.39 is 17.8 Å². The maximum absolute atomic E-state index is 12.9. The van der Waals surface area contributed by atoms with E-state index in [4.69, 9.17) is 4.74 Å². The van der Waals surface area contributed by atoms with E-state index in [0.717, 1.165) is 17.7 Å². The van der Waals surface area contributed by atoms with Crippen molar-refractivity contribution in [1.29, 1.82) is 0 Å². The van der Waals surface area contributed by atoms with Gasteiger partial charge in [0.2, 0.25) is 0 Å². The zero-order valence-electron chi connectivity index (χ0n) is 12.2. The summed E-state index contributed by atoms with van der Waals surface area (Å²) in [7, 11) is 0. The van der Waals surface area contributed by atoms with Gasteiger partial charge < -0.3 is 9.64 Å². The Morgan fingerprint density at radius 1 is 1.22 bits per heavy atom. The van der Waals surface area contributed by atoms with Crippen LogP contribution in [0.2, 0.25) is 0 Å². The molecule has 1 unspecified atom stereocenters. The van der Waals surface area contributed by atoms with Crippen molar-refractivity contribution < 1.29 is 22.7 Å². The van der Waals surface area contributed by atoms with Crippen LogP contribution in [0, 0.1) is 0 Å². The van der Waals surface area contributed by atoms with Crippen molar-refractivity contribution in [2.24, 2.45) is 0 Å². The molecule has 0 saturated carbocycles. The molecule has 1 aliphatic heterocycles. The molecule has 1 amide bonds. The molecule has 0 radical (unpaired) electrons. The van der Waals surface area contributed by atoms with Gasteiger partial charge in [-0.3, -0.25) is 9.78 Å². The fourth-order valence-corrected chi connectivity index (χ4v) is 2.42. The summed E-state index contributed by atoms with van der Waals surface area (Å²) in [6.45, 7) is 1.73. The number of nitrogens with zero attached hydrogens (tertiary/aromatic N) is 2. The minimum Gasteiger partial charge on any atom is -0.479 e. The summed E-state index contributed by atoms with van der Waals surface area (Å²) < 4.78 is 44.2. The molecule has 2 heterocycles. The highest BCUT2D eigenvalue weighted by atomic mass is 19.4. The predicted octanol–water partition coefficient (Wildman–Crippen LogP) is 3.41. The summed E-state index contributed by atoms with van der Waals surface area (Å²) in [6.07, 6.45) is -2.10. The molecule has 7 heteroatoms. The summed E-state index contributed by atoms with van der Waals surface area (Å²) in [4.78, 5) is 17.6. The lowest BCUT2D eigenvalue weighted by molar-refractivity contribution is -0.137. The van der Waals surface area contributed by atoms with Gasteiger partial charge in [0.1, 0.15) is 5.75 Å². The van der Waals surface area contributed by atoms with Crippen LogP contribution >= 0.6 is 0 Å². The smallest absolute Gasteiger partial charge is 0.416 e. The van der Waals surface area contributed by atoms with Crippen molar-refractivity contribution in [1.82, 2.24) is 4.98 Å². The minimum absolute atomic E-state index is 0.125. The predicted molar refractivity (Wildman–Crippen MR) is 77.0 cm³/mol. The third-order valence-electron chi connectivity index (χ3n) is 3.58. The lowest BCUT2D eigenvalue weighted by Crippen LogP contribution is -2.44. The number of anilines is 1. The molecule has 23 heavy (non-hydrogen) atoms. The molecule has 1 aromatic carbocycles. The number of amides is 1. The SMILES string of the molecule is CC1Oc2ccc(C(F)(F)F)cc2N(Cc2ccncc2)C1=O. The number of fused-ring (bicyclic) bond motifs is 1. The average Bonchev–Trinajstić information content (AvgIpc) is 2.51. The quantitative estimate of drug-likeness (QED) is 0.851. The van der Waals surface area contributed by atoms with Gasteiger partial charge >= 0.3 is 6.18 Å². The Hall–Kier alpha value is -2.57. The standard InChI is InChI=1S/C16H13F3N2O2/c1-10-15(22)21(9-11-4-6-20-7-5-11)13-8-12(16(17,18)19)2-3-14(13)23-10/h2-8,10H,9H2,1H3. The van der Waals surface area contributed by atoms with Crippen molar-refractivity contribution in [2.75, 3.05) is 4.90 Å². The first kappa shape index (κ1) is 15.3. The maximum Gasteiger partial charge on any atom is 0.416 e. The Kier molecular flexibility index (Phi) is 3.71. The second kappa shape index (κ2) is 5.57. The van der Waals surface area contributed by atoms with E-state index in [-0.39, 0.29) is 23.9 Å². The van der Waals surface area contributed by atoms with Crippen LogP contribution in [0.5, 0.6) is 5.75 Å². The number of carbonyl (C=O) groups is 1. The molecule has 0 N–H and O–H groups in total. The van der Waals surface area contributed by atoms with Crippen LogP contribution in [0.1, 0.15) is 18.1 Å². The third kappa shape index (κ3) is 2.99. The van der Waals surface area contributed by atoms with Crippen molar-refractivity contribution in [3.63, 3.8) is 0 Å². The van der Waals surface area contributed by atoms with Gasteiger partial charge in [-0.1, -0.05) is 0 Å². The number of aromatic nitrogens is 1. The van der Waals surface area contributed by atoms with Crippen LogP contribution < -0.4 is 9.64 Å². The topological polar surface area (TPSA) is 42.4 Å². The molecule has 1 aliphatic rings. The number of carbonyl (C=O) groups excluding carboxylic acids is 1. The Morgan fingerprint density at radius 3 is 2.57 bits per heavy atom. The van der Waals surface area contributed by atoms with Gasteiger partial charge in [0.05, 0.1) is 17.8 Å². The monoisotopic (exact) mass is 322 g/mol. The van der Waals surface area contributed by atoms with Gasteiger partial charge in [-0.05, 0) is 42.8 Å². The summed E-state index contributed by atoms with van der Waals surface area (Å²) in [5.74, 6) is -0.118. The molecular formula is C16H13F3N2O2. The number of hydrogen-bond donors (Lipinski definition) is 0. The van der Waals surface area contributed by atoms with Crippen molar-refractivity contribution in [2.45, 2.75) is 25.7 Å². The van der Waals surface area contributed by atoms with Crippen LogP contribution in [0.15, 0.2) is 42.7 Å². The summed E-state index contributed by atoms with van der Waals surface area (Å²) in [5.41, 5.74) is 0.0764. The van der Waals surface area contributed by atoms with E-state index in [1.54, 1.807) is 31.5 Å². The van der Waals surface area contributed by atoms with Crippen LogP contribution in [0.25, 0.3) is 0 Å². The highest BCUT2D eigenvalue weighted by molar-refractivity contribution is 5.99. The Morgan fingerprint density at radius 2 is 1.91 bits per heavy atom. The Labute approximate surface area is 130 Å². The Bertz CT molecular complexity index is 732. The largest absolute Gasteiger partial charge is 0.479 e. The number of hydrogen-bond acceptors (Lipinski definition) is 3. The number of benzene rings is 1. The first-order chi connectivity index (χ1) is 10.9. The highest BCUT2D eigenvalue weighted by Crippen LogP contribution is 2.40. The van der Waals surface area contributed by atoms with Gasteiger partial charge in [0.15, 0.2) is 6.10 Å². The van der Waals surface area contributed by atoms with Gasteiger partial charge in [0, 0.05) is 12.4 Å². The first-order valence-corrected chi connectivity index (χ1v) is 6.94. The second-order valence-electron chi connectivity index (χ2n) is 5.22. The van der Waals surface area contributed by atoms with Crippen molar-refractivity contribution in [3.05, 3.63) is 53.9 Å². The first-order valence-electron chi connectivity index (χ1n) is 6.94. The van der Waals surface area contributed by atoms with Crippen molar-refractivity contribution >= 4 is 11.6 Å². The summed E-state index contributed by atoms with van der Waals surface area (Å²) in [6, 6.07) is 6.56. The number of halogens is 3. The number of rotatable bonds is 2. The van der Waals surface area contributed by atoms with E-state index >= 15 is 0 Å². The normalized spacial score (nSPS) is 17.7. The molecular weight excluding hydrogens is 309 g/mol. The van der Waals surface area contributed by atoms with Gasteiger partial charge in [0.25, 0.3) is 5.91 Å². The molecule has 0 saturated heterocycles. The zero-order valence-corrected chi connectivity index (χ0v) is 12.2. The Balaban J connectivity index is 2.03. The van der Waals surface area contributed by atoms with Crippen LogP contribution in [-0.4, -0.2) is 17.0 Å². The lowest BCUT2D eigenvalue weighted by Gasteiger charge is -2.33. The molecule has 0 bridgehead atoms. The fraction of sp³-hybridized carbons (Fsp3) is 0.250. The highest BCUT2D eigenvalue weighted by Gasteiger charge is 2.36. The van der Waals surface area contributed by atoms with Gasteiger partial charge in [-0.2, -0.15) is 13.2 Å². The van der Waals surface area contributed by atoms with E-state index in [9.17, 15) is 18.0 Å². The number of pyridine rings is 1. The average molecular weight is 322 g/mol.